The van der Waals surface area contributed by atoms with Crippen LogP contribution in [0.15, 0.2) is 60.7 Å². The van der Waals surface area contributed by atoms with Crippen molar-refractivity contribution in [2.75, 3.05) is 26.2 Å². The molecule has 1 aliphatic heterocycles. The number of hydrogen-bond donors (Lipinski definition) is 9. The van der Waals surface area contributed by atoms with Crippen LogP contribution in [-0.2, 0) is 70.3 Å². The number of nitrogens with two attached hydrogens (primary N) is 1. The number of hydrogen-bond acceptors (Lipinski definition) is 13. The zero-order chi connectivity index (χ0) is 51.1. The van der Waals surface area contributed by atoms with Crippen LogP contribution < -0.4 is 48.3 Å². The molecule has 3 rings (SSSR count). The van der Waals surface area contributed by atoms with Crippen molar-refractivity contribution in [3.05, 3.63) is 71.8 Å². The number of carbonyl (C=O) groups is 12. The largest absolute Gasteiger partial charge is 0.444 e. The number of aldehydes is 2. The van der Waals surface area contributed by atoms with Gasteiger partial charge in [0.1, 0.15) is 48.9 Å². The molecule has 6 atom stereocenters. The lowest BCUT2D eigenvalue weighted by molar-refractivity contribution is -0.135. The van der Waals surface area contributed by atoms with Crippen LogP contribution >= 0.6 is 0 Å². The maximum atomic E-state index is 13.5. The molecular weight excluding hydrogens is 901 g/mol. The van der Waals surface area contributed by atoms with Gasteiger partial charge in [0.05, 0.1) is 25.7 Å². The number of primary amides is 1. The van der Waals surface area contributed by atoms with E-state index >= 15 is 0 Å². The Morgan fingerprint density at radius 2 is 1.19 bits per heavy atom. The van der Waals surface area contributed by atoms with Crippen molar-refractivity contribution in [1.82, 2.24) is 47.4 Å². The summed E-state index contributed by atoms with van der Waals surface area (Å²) in [5, 5.41) is 19.4. The molecule has 0 radical (unpaired) electrons. The highest BCUT2D eigenvalue weighted by molar-refractivity contribution is 5.95. The first-order chi connectivity index (χ1) is 32.7. The van der Waals surface area contributed by atoms with E-state index in [2.05, 4.69) is 42.5 Å². The van der Waals surface area contributed by atoms with E-state index in [1.807, 2.05) is 0 Å². The van der Waals surface area contributed by atoms with Crippen molar-refractivity contribution < 1.29 is 62.3 Å². The van der Waals surface area contributed by atoms with Crippen molar-refractivity contribution in [3.8, 4) is 0 Å². The standard InChI is InChI=1S/C46H62N10O13/c1-28-21-35(44(67)56(28)19-20-57)55-43(66)34(23-30-13-9-6-10-14-30)53-39(62)25-49-36(59)17-15-32(41(47)64)54-42(65)33(52-40(63)26-50-45(68)69-46(2,3)4)16-18-37(60)48-24-38(61)51-31(27-58)22-29-11-7-5-8-12-29/h5-14,20,27-28,31-35H,15-19,21-26H2,1-4H3,(H2,47,64)(H,48,60)(H,49,59)(H,50,68)(H,51,61)(H,52,63)(H,53,62)(H,54,65)(H,55,66). The van der Waals surface area contributed by atoms with Crippen LogP contribution in [0.2, 0.25) is 0 Å². The molecule has 23 nitrogen and oxygen atoms in total. The van der Waals surface area contributed by atoms with Crippen LogP contribution in [0.25, 0.3) is 0 Å². The number of benzene rings is 2. The average Bonchev–Trinajstić information content (AvgIpc) is 3.56. The Kier molecular flexibility index (Phi) is 22.4. The van der Waals surface area contributed by atoms with Gasteiger partial charge in [0.15, 0.2) is 0 Å². The van der Waals surface area contributed by atoms with Gasteiger partial charge in [0.25, 0.3) is 0 Å². The Balaban J connectivity index is 1.59. The molecule has 10 amide bonds. The fourth-order valence-electron chi connectivity index (χ4n) is 6.92. The summed E-state index contributed by atoms with van der Waals surface area (Å²) in [6.45, 7) is 4.62. The van der Waals surface area contributed by atoms with Gasteiger partial charge >= 0.3 is 6.09 Å². The molecule has 6 unspecified atom stereocenters. The third-order valence-corrected chi connectivity index (χ3v) is 10.3. The minimum absolute atomic E-state index is 0.0306. The van der Waals surface area contributed by atoms with Gasteiger partial charge in [-0.2, -0.15) is 0 Å². The molecule has 0 aromatic heterocycles. The smallest absolute Gasteiger partial charge is 0.408 e. The molecule has 23 heteroatoms. The summed E-state index contributed by atoms with van der Waals surface area (Å²) in [4.78, 5) is 153. The summed E-state index contributed by atoms with van der Waals surface area (Å²) in [7, 11) is 0. The first-order valence-corrected chi connectivity index (χ1v) is 22.2. The van der Waals surface area contributed by atoms with Crippen molar-refractivity contribution in [2.24, 2.45) is 5.73 Å². The summed E-state index contributed by atoms with van der Waals surface area (Å²) in [5.74, 6) is -7.00. The predicted octanol–water partition coefficient (Wildman–Crippen LogP) is -2.28. The molecule has 1 fully saturated rings. The van der Waals surface area contributed by atoms with E-state index in [-0.39, 0.29) is 44.7 Å². The number of nitrogens with zero attached hydrogens (tertiary/aromatic N) is 1. The Hall–Kier alpha value is -7.72. The van der Waals surface area contributed by atoms with E-state index in [1.165, 1.54) is 4.90 Å². The fourth-order valence-corrected chi connectivity index (χ4v) is 6.92. The molecule has 2 aromatic carbocycles. The molecule has 2 aromatic rings. The molecule has 0 saturated carbocycles. The van der Waals surface area contributed by atoms with Gasteiger partial charge in [-0.15, -0.1) is 0 Å². The van der Waals surface area contributed by atoms with E-state index in [1.54, 1.807) is 88.4 Å². The molecule has 69 heavy (non-hydrogen) atoms. The highest BCUT2D eigenvalue weighted by atomic mass is 16.6. The molecule has 0 spiro atoms. The van der Waals surface area contributed by atoms with Gasteiger partial charge in [0.2, 0.25) is 53.2 Å². The number of likely N-dealkylation sites (tertiary alicyclic amines) is 1. The van der Waals surface area contributed by atoms with Gasteiger partial charge in [-0.1, -0.05) is 60.7 Å². The second kappa shape index (κ2) is 27.8. The SMILES string of the molecule is CC1CC(NC(=O)C(Cc2ccccc2)NC(=O)CNC(=O)CCC(NC(=O)C(CCC(=O)NCC(=O)NC(C=O)Cc2ccccc2)NC(=O)CNC(=O)OC(C)(C)C)C(N)=O)C(=O)N1CC=O. The number of amides is 10. The van der Waals surface area contributed by atoms with Crippen molar-refractivity contribution in [2.45, 2.75) is 114 Å². The maximum absolute atomic E-state index is 13.5. The minimum atomic E-state index is -1.52. The van der Waals surface area contributed by atoms with E-state index in [9.17, 15) is 57.5 Å². The van der Waals surface area contributed by atoms with Crippen LogP contribution in [-0.4, -0.2) is 145 Å². The minimum Gasteiger partial charge on any atom is -0.444 e. The summed E-state index contributed by atoms with van der Waals surface area (Å²) < 4.78 is 5.11. The third kappa shape index (κ3) is 20.8. The lowest BCUT2D eigenvalue weighted by atomic mass is 10.0. The number of alkyl carbamates (subject to hydrolysis) is 1. The van der Waals surface area contributed by atoms with Crippen LogP contribution in [0.4, 0.5) is 4.79 Å². The Labute approximate surface area is 398 Å². The lowest BCUT2D eigenvalue weighted by Gasteiger charge is -2.23. The summed E-state index contributed by atoms with van der Waals surface area (Å²) in [6, 6.07) is 11.3. The van der Waals surface area contributed by atoms with Crippen molar-refractivity contribution in [3.63, 3.8) is 0 Å². The maximum Gasteiger partial charge on any atom is 0.408 e. The first-order valence-electron chi connectivity index (χ1n) is 22.2. The normalized spacial score (nSPS) is 15.9. The van der Waals surface area contributed by atoms with Crippen molar-refractivity contribution in [1.29, 1.82) is 0 Å². The molecule has 1 saturated heterocycles. The van der Waals surface area contributed by atoms with Gasteiger partial charge in [-0.3, -0.25) is 43.2 Å². The van der Waals surface area contributed by atoms with E-state index < -0.39 is 128 Å². The molecular formula is C46H62N10O13. The lowest BCUT2D eigenvalue weighted by Crippen LogP contribution is -2.54. The van der Waals surface area contributed by atoms with Crippen LogP contribution in [0.5, 0.6) is 0 Å². The Morgan fingerprint density at radius 3 is 1.71 bits per heavy atom. The third-order valence-electron chi connectivity index (χ3n) is 10.3. The Bertz CT molecular complexity index is 2150. The summed E-state index contributed by atoms with van der Waals surface area (Å²) >= 11 is 0. The number of rotatable bonds is 27. The summed E-state index contributed by atoms with van der Waals surface area (Å²) in [5.41, 5.74) is 6.14. The summed E-state index contributed by atoms with van der Waals surface area (Å²) in [6.07, 6.45) is -0.959. The highest BCUT2D eigenvalue weighted by Crippen LogP contribution is 2.19. The van der Waals surface area contributed by atoms with Gasteiger partial charge in [0, 0.05) is 25.3 Å². The quantitative estimate of drug-likeness (QED) is 0.0427. The monoisotopic (exact) mass is 962 g/mol. The second-order valence-corrected chi connectivity index (χ2v) is 17.2. The second-order valence-electron chi connectivity index (χ2n) is 17.2. The van der Waals surface area contributed by atoms with Crippen LogP contribution in [0, 0.1) is 0 Å². The van der Waals surface area contributed by atoms with Gasteiger partial charge in [-0.05, 0) is 64.5 Å². The fraction of sp³-hybridized carbons (Fsp3) is 0.478. The predicted molar refractivity (Wildman–Crippen MR) is 246 cm³/mol. The molecule has 1 heterocycles. The molecule has 0 aliphatic carbocycles. The van der Waals surface area contributed by atoms with Gasteiger partial charge < -0.3 is 67.5 Å². The molecule has 0 bridgehead atoms. The topological polar surface area (TPSA) is 340 Å². The van der Waals surface area contributed by atoms with E-state index in [0.29, 0.717) is 18.1 Å². The highest BCUT2D eigenvalue weighted by Gasteiger charge is 2.39. The molecule has 10 N–H and O–H groups in total. The van der Waals surface area contributed by atoms with Crippen LogP contribution in [0.1, 0.15) is 70.9 Å². The number of nitrogens with one attached hydrogen (secondary N) is 8. The Morgan fingerprint density at radius 1 is 0.681 bits per heavy atom. The first kappa shape index (κ1) is 55.6. The van der Waals surface area contributed by atoms with Crippen molar-refractivity contribution >= 4 is 71.8 Å². The van der Waals surface area contributed by atoms with E-state index in [4.69, 9.17) is 10.5 Å². The van der Waals surface area contributed by atoms with Crippen LogP contribution in [0.3, 0.4) is 0 Å². The van der Waals surface area contributed by atoms with Gasteiger partial charge in [-0.25, -0.2) is 4.79 Å². The average molecular weight is 963 g/mol. The zero-order valence-electron chi connectivity index (χ0n) is 39.0. The molecule has 1 aliphatic rings. The van der Waals surface area contributed by atoms with E-state index in [0.717, 1.165) is 5.56 Å². The number of ether oxygens (including phenoxy) is 1. The zero-order valence-corrected chi connectivity index (χ0v) is 39.0. The number of carbonyl (C=O) groups excluding carboxylic acids is 12. The molecule has 374 valence electrons.